The Morgan fingerprint density at radius 2 is 2.12 bits per heavy atom. The van der Waals surface area contributed by atoms with E-state index in [0.29, 0.717) is 22.9 Å². The van der Waals surface area contributed by atoms with Crippen LogP contribution in [0.15, 0.2) is 30.6 Å². The van der Waals surface area contributed by atoms with Crippen molar-refractivity contribution >= 4 is 28.8 Å². The first-order chi connectivity index (χ1) is 7.74. The maximum atomic E-state index is 11.0. The van der Waals surface area contributed by atoms with E-state index in [1.165, 1.54) is 18.5 Å². The van der Waals surface area contributed by atoms with Crippen molar-refractivity contribution in [3.05, 3.63) is 36.2 Å². The molecule has 1 aromatic carbocycles. The molecule has 1 aromatic heterocycles. The molecule has 80 valence electrons. The van der Waals surface area contributed by atoms with Gasteiger partial charge in [-0.2, -0.15) is 0 Å². The number of carboxylic acid groups (broad SMARTS) is 1. The molecule has 16 heavy (non-hydrogen) atoms. The van der Waals surface area contributed by atoms with Gasteiger partial charge in [-0.3, -0.25) is 9.78 Å². The van der Waals surface area contributed by atoms with Crippen molar-refractivity contribution in [3.8, 4) is 0 Å². The molecule has 0 spiro atoms. The smallest absolute Gasteiger partial charge is 0.336 e. The zero-order chi connectivity index (χ0) is 11.5. The van der Waals surface area contributed by atoms with E-state index in [-0.39, 0.29) is 5.56 Å². The number of hydrogen-bond donors (Lipinski definition) is 2. The Bertz CT molecular complexity index is 566. The second-order valence-corrected chi connectivity index (χ2v) is 3.15. The molecule has 0 radical (unpaired) electrons. The fraction of sp³-hybridized carbons (Fsp3) is 0. The second-order valence-electron chi connectivity index (χ2n) is 3.15. The molecule has 0 aliphatic heterocycles. The minimum Gasteiger partial charge on any atom is -0.478 e. The number of carbonyl (C=O) groups is 2. The van der Waals surface area contributed by atoms with Gasteiger partial charge in [0.2, 0.25) is 6.41 Å². The molecule has 2 aromatic rings. The Morgan fingerprint density at radius 1 is 1.31 bits per heavy atom. The highest BCUT2D eigenvalue weighted by Gasteiger charge is 2.10. The topological polar surface area (TPSA) is 79.3 Å². The summed E-state index contributed by atoms with van der Waals surface area (Å²) in [7, 11) is 0. The molecule has 0 unspecified atom stereocenters. The number of pyridine rings is 1. The van der Waals surface area contributed by atoms with E-state index in [1.807, 2.05) is 0 Å². The summed E-state index contributed by atoms with van der Waals surface area (Å²) in [5, 5.41) is 12.7. The maximum absolute atomic E-state index is 11.0. The molecule has 2 N–H and O–H groups in total. The third-order valence-corrected chi connectivity index (χ3v) is 2.26. The van der Waals surface area contributed by atoms with E-state index in [0.717, 1.165) is 0 Å². The zero-order valence-electron chi connectivity index (χ0n) is 8.18. The molecular weight excluding hydrogens is 208 g/mol. The Kier molecular flexibility index (Phi) is 2.51. The molecule has 2 rings (SSSR count). The van der Waals surface area contributed by atoms with Gasteiger partial charge in [-0.05, 0) is 18.2 Å². The summed E-state index contributed by atoms with van der Waals surface area (Å²) >= 11 is 0. The first-order valence-corrected chi connectivity index (χ1v) is 4.54. The van der Waals surface area contributed by atoms with Crippen LogP contribution in [0.3, 0.4) is 0 Å². The van der Waals surface area contributed by atoms with Crippen LogP contribution in [0.25, 0.3) is 10.8 Å². The van der Waals surface area contributed by atoms with Crippen LogP contribution in [-0.4, -0.2) is 22.5 Å². The first kappa shape index (κ1) is 10.1. The predicted molar refractivity (Wildman–Crippen MR) is 58.4 cm³/mol. The summed E-state index contributed by atoms with van der Waals surface area (Å²) in [4.78, 5) is 25.3. The van der Waals surface area contributed by atoms with Crippen LogP contribution in [0.1, 0.15) is 10.4 Å². The van der Waals surface area contributed by atoms with Crippen molar-refractivity contribution in [2.45, 2.75) is 0 Å². The lowest BCUT2D eigenvalue weighted by molar-refractivity contribution is -0.105. The quantitative estimate of drug-likeness (QED) is 0.762. The fourth-order valence-electron chi connectivity index (χ4n) is 1.57. The fourth-order valence-corrected chi connectivity index (χ4v) is 1.57. The van der Waals surface area contributed by atoms with E-state index in [2.05, 4.69) is 10.3 Å². The highest BCUT2D eigenvalue weighted by Crippen LogP contribution is 2.25. The number of fused-ring (bicyclic) bond motifs is 1. The van der Waals surface area contributed by atoms with Crippen LogP contribution >= 0.6 is 0 Å². The molecular formula is C11H8N2O3. The number of anilines is 1. The molecule has 5 nitrogen and oxygen atoms in total. The molecule has 0 bridgehead atoms. The number of hydrogen-bond acceptors (Lipinski definition) is 3. The van der Waals surface area contributed by atoms with Gasteiger partial charge in [0.15, 0.2) is 0 Å². The first-order valence-electron chi connectivity index (χ1n) is 4.54. The highest BCUT2D eigenvalue weighted by atomic mass is 16.4. The van der Waals surface area contributed by atoms with E-state index >= 15 is 0 Å². The SMILES string of the molecule is O=CNc1ccc(C(=O)O)c2ccncc12. The monoisotopic (exact) mass is 216 g/mol. The van der Waals surface area contributed by atoms with E-state index in [4.69, 9.17) is 5.11 Å². The summed E-state index contributed by atoms with van der Waals surface area (Å²) in [5.41, 5.74) is 0.733. The number of benzene rings is 1. The lowest BCUT2D eigenvalue weighted by Crippen LogP contribution is -2.01. The minimum atomic E-state index is -1.01. The minimum absolute atomic E-state index is 0.189. The van der Waals surface area contributed by atoms with Crippen LogP contribution in [0.5, 0.6) is 0 Å². The van der Waals surface area contributed by atoms with Crippen molar-refractivity contribution in [1.29, 1.82) is 0 Å². The van der Waals surface area contributed by atoms with Crippen molar-refractivity contribution in [2.75, 3.05) is 5.32 Å². The van der Waals surface area contributed by atoms with Crippen LogP contribution in [0.2, 0.25) is 0 Å². The number of nitrogens with one attached hydrogen (secondary N) is 1. The van der Waals surface area contributed by atoms with Crippen LogP contribution in [-0.2, 0) is 4.79 Å². The molecule has 1 amide bonds. The average molecular weight is 216 g/mol. The van der Waals surface area contributed by atoms with Crippen LogP contribution in [0.4, 0.5) is 5.69 Å². The summed E-state index contributed by atoms with van der Waals surface area (Å²) in [6.45, 7) is 0. The number of carbonyl (C=O) groups excluding carboxylic acids is 1. The number of carboxylic acids is 1. The van der Waals surface area contributed by atoms with E-state index < -0.39 is 5.97 Å². The van der Waals surface area contributed by atoms with Gasteiger partial charge in [-0.25, -0.2) is 4.79 Å². The van der Waals surface area contributed by atoms with Gasteiger partial charge in [-0.1, -0.05) is 0 Å². The largest absolute Gasteiger partial charge is 0.478 e. The molecule has 0 atom stereocenters. The third-order valence-electron chi connectivity index (χ3n) is 2.26. The Morgan fingerprint density at radius 3 is 2.81 bits per heavy atom. The lowest BCUT2D eigenvalue weighted by Gasteiger charge is -2.06. The van der Waals surface area contributed by atoms with Gasteiger partial charge in [-0.15, -0.1) is 0 Å². The van der Waals surface area contributed by atoms with Gasteiger partial charge in [0.05, 0.1) is 5.56 Å². The van der Waals surface area contributed by atoms with Gasteiger partial charge in [0, 0.05) is 28.9 Å². The van der Waals surface area contributed by atoms with Gasteiger partial charge in [0.25, 0.3) is 0 Å². The Labute approximate surface area is 90.7 Å². The summed E-state index contributed by atoms with van der Waals surface area (Å²) in [6, 6.07) is 4.60. The zero-order valence-corrected chi connectivity index (χ0v) is 8.18. The lowest BCUT2D eigenvalue weighted by atomic mass is 10.1. The Hall–Kier alpha value is -2.43. The highest BCUT2D eigenvalue weighted by molar-refractivity contribution is 6.08. The van der Waals surface area contributed by atoms with Gasteiger partial charge < -0.3 is 10.4 Å². The van der Waals surface area contributed by atoms with Crippen LogP contribution in [0, 0.1) is 0 Å². The summed E-state index contributed by atoms with van der Waals surface area (Å²) < 4.78 is 0. The molecule has 0 saturated heterocycles. The average Bonchev–Trinajstić information content (AvgIpc) is 2.29. The Balaban J connectivity index is 2.76. The maximum Gasteiger partial charge on any atom is 0.336 e. The number of rotatable bonds is 3. The second kappa shape index (κ2) is 3.98. The molecule has 0 fully saturated rings. The van der Waals surface area contributed by atoms with Crippen molar-refractivity contribution in [3.63, 3.8) is 0 Å². The molecule has 0 aliphatic carbocycles. The normalized spacial score (nSPS) is 10.0. The van der Waals surface area contributed by atoms with E-state index in [9.17, 15) is 9.59 Å². The summed E-state index contributed by atoms with van der Waals surface area (Å²) in [6.07, 6.45) is 3.58. The van der Waals surface area contributed by atoms with E-state index in [1.54, 1.807) is 12.1 Å². The molecule has 1 heterocycles. The van der Waals surface area contributed by atoms with Gasteiger partial charge in [0.1, 0.15) is 0 Å². The predicted octanol–water partition coefficient (Wildman–Crippen LogP) is 1.50. The standard InChI is InChI=1S/C11H8N2O3/c14-6-13-10-2-1-8(11(15)16)7-3-4-12-5-9(7)10/h1-6H,(H,13,14)(H,15,16). The third kappa shape index (κ3) is 1.58. The van der Waals surface area contributed by atoms with Gasteiger partial charge >= 0.3 is 5.97 Å². The number of aromatic nitrogens is 1. The van der Waals surface area contributed by atoms with Crippen molar-refractivity contribution in [2.24, 2.45) is 0 Å². The van der Waals surface area contributed by atoms with Crippen molar-refractivity contribution in [1.82, 2.24) is 4.98 Å². The molecule has 0 aliphatic rings. The number of amides is 1. The number of aromatic carboxylic acids is 1. The van der Waals surface area contributed by atoms with Crippen LogP contribution < -0.4 is 5.32 Å². The summed E-state index contributed by atoms with van der Waals surface area (Å²) in [5.74, 6) is -1.01. The molecule has 5 heteroatoms. The van der Waals surface area contributed by atoms with Crippen molar-refractivity contribution < 1.29 is 14.7 Å². The number of nitrogens with zero attached hydrogens (tertiary/aromatic N) is 1. The molecule has 0 saturated carbocycles.